The molecule has 0 N–H and O–H groups in total. The first-order valence-electron chi connectivity index (χ1n) is 7.06. The summed E-state index contributed by atoms with van der Waals surface area (Å²) in [7, 11) is 0. The first kappa shape index (κ1) is 14.4. The molecular weight excluding hydrogens is 328 g/mol. The van der Waals surface area contributed by atoms with Gasteiger partial charge in [-0.15, -0.1) is 0 Å². The van der Waals surface area contributed by atoms with Crippen molar-refractivity contribution >= 4 is 15.9 Å². The first-order chi connectivity index (χ1) is 10.3. The van der Waals surface area contributed by atoms with Crippen LogP contribution >= 0.6 is 15.9 Å². The Kier molecular flexibility index (Phi) is 4.73. The van der Waals surface area contributed by atoms with E-state index in [4.69, 9.17) is 9.47 Å². The first-order valence-corrected chi connectivity index (χ1v) is 7.85. The smallest absolute Gasteiger partial charge is 0.134 e. The maximum absolute atomic E-state index is 5.97. The van der Waals surface area contributed by atoms with Crippen LogP contribution in [0.5, 0.6) is 5.75 Å². The average Bonchev–Trinajstić information content (AvgIpc) is 2.96. The van der Waals surface area contributed by atoms with Gasteiger partial charge in [-0.3, -0.25) is 0 Å². The molecule has 3 rings (SSSR count). The molecule has 0 heterocycles. The number of hydrogen-bond donors (Lipinski definition) is 0. The fourth-order valence-corrected chi connectivity index (χ4v) is 2.70. The third-order valence-electron chi connectivity index (χ3n) is 3.43. The molecule has 0 fully saturated rings. The van der Waals surface area contributed by atoms with Gasteiger partial charge in [0.15, 0.2) is 0 Å². The van der Waals surface area contributed by atoms with Gasteiger partial charge in [-0.1, -0.05) is 48.5 Å². The molecule has 2 aromatic carbocycles. The molecular formula is C18H17BrO2. The Balaban J connectivity index is 1.50. The van der Waals surface area contributed by atoms with Crippen LogP contribution < -0.4 is 4.74 Å². The fourth-order valence-electron chi connectivity index (χ4n) is 2.33. The molecule has 1 aliphatic rings. The molecule has 108 valence electrons. The van der Waals surface area contributed by atoms with Gasteiger partial charge in [0.2, 0.25) is 0 Å². The third kappa shape index (κ3) is 3.96. The highest BCUT2D eigenvalue weighted by Gasteiger charge is 2.21. The minimum absolute atomic E-state index is 0.0736. The van der Waals surface area contributed by atoms with Crippen LogP contribution in [0.4, 0.5) is 0 Å². The van der Waals surface area contributed by atoms with Gasteiger partial charge in [0.1, 0.15) is 11.9 Å². The van der Waals surface area contributed by atoms with Crippen LogP contribution in [-0.2, 0) is 11.3 Å². The van der Waals surface area contributed by atoms with Crippen molar-refractivity contribution in [3.8, 4) is 5.75 Å². The molecule has 2 aromatic rings. The fraction of sp³-hybridized carbons (Fsp3) is 0.222. The SMILES string of the molecule is Brc1ccccc1O[C@@H]1C=C[C@H](OCc2ccccc2)C1. The molecule has 0 bridgehead atoms. The number of hydrogen-bond acceptors (Lipinski definition) is 2. The van der Waals surface area contributed by atoms with Gasteiger partial charge in [0.05, 0.1) is 17.2 Å². The molecule has 1 aliphatic carbocycles. The number of halogens is 1. The zero-order valence-corrected chi connectivity index (χ0v) is 13.2. The summed E-state index contributed by atoms with van der Waals surface area (Å²) in [6.45, 7) is 0.637. The Morgan fingerprint density at radius 3 is 2.43 bits per heavy atom. The summed E-state index contributed by atoms with van der Waals surface area (Å²) in [5.41, 5.74) is 1.20. The van der Waals surface area contributed by atoms with Crippen molar-refractivity contribution in [1.82, 2.24) is 0 Å². The summed E-state index contributed by atoms with van der Waals surface area (Å²) in [6.07, 6.45) is 5.22. The summed E-state index contributed by atoms with van der Waals surface area (Å²) in [6, 6.07) is 18.1. The normalized spacial score (nSPS) is 20.6. The second-order valence-corrected chi connectivity index (χ2v) is 5.90. The van der Waals surface area contributed by atoms with Crippen LogP contribution in [0, 0.1) is 0 Å². The molecule has 0 spiro atoms. The second kappa shape index (κ2) is 6.92. The van der Waals surface area contributed by atoms with E-state index >= 15 is 0 Å². The number of benzene rings is 2. The number of ether oxygens (including phenoxy) is 2. The van der Waals surface area contributed by atoms with Gasteiger partial charge in [-0.2, -0.15) is 0 Å². The predicted octanol–water partition coefficient (Wildman–Crippen LogP) is 4.74. The van der Waals surface area contributed by atoms with Gasteiger partial charge in [0.25, 0.3) is 0 Å². The highest BCUT2D eigenvalue weighted by atomic mass is 79.9. The topological polar surface area (TPSA) is 18.5 Å². The largest absolute Gasteiger partial charge is 0.485 e. The van der Waals surface area contributed by atoms with Crippen molar-refractivity contribution in [3.05, 3.63) is 76.8 Å². The molecule has 3 heteroatoms. The summed E-state index contributed by atoms with van der Waals surface area (Å²) >= 11 is 3.50. The van der Waals surface area contributed by atoms with E-state index < -0.39 is 0 Å². The maximum Gasteiger partial charge on any atom is 0.134 e. The zero-order chi connectivity index (χ0) is 14.5. The minimum Gasteiger partial charge on any atom is -0.485 e. The van der Waals surface area contributed by atoms with Gasteiger partial charge in [-0.25, -0.2) is 0 Å². The lowest BCUT2D eigenvalue weighted by Crippen LogP contribution is -2.16. The molecule has 0 radical (unpaired) electrons. The molecule has 0 amide bonds. The Bertz CT molecular complexity index is 610. The monoisotopic (exact) mass is 344 g/mol. The predicted molar refractivity (Wildman–Crippen MR) is 87.3 cm³/mol. The Hall–Kier alpha value is -1.58. The molecule has 21 heavy (non-hydrogen) atoms. The number of para-hydroxylation sites is 1. The van der Waals surface area contributed by atoms with E-state index in [0.717, 1.165) is 16.6 Å². The second-order valence-electron chi connectivity index (χ2n) is 5.04. The van der Waals surface area contributed by atoms with Crippen molar-refractivity contribution in [2.24, 2.45) is 0 Å². The van der Waals surface area contributed by atoms with E-state index in [9.17, 15) is 0 Å². The van der Waals surface area contributed by atoms with E-state index in [-0.39, 0.29) is 12.2 Å². The Morgan fingerprint density at radius 1 is 0.905 bits per heavy atom. The van der Waals surface area contributed by atoms with Crippen molar-refractivity contribution in [3.63, 3.8) is 0 Å². The van der Waals surface area contributed by atoms with Crippen LogP contribution in [0.3, 0.4) is 0 Å². The lowest BCUT2D eigenvalue weighted by atomic mass is 10.2. The molecule has 0 aliphatic heterocycles. The summed E-state index contributed by atoms with van der Waals surface area (Å²) in [5.74, 6) is 0.871. The standard InChI is InChI=1S/C18H17BrO2/c19-17-8-4-5-9-18(17)21-16-11-10-15(12-16)20-13-14-6-2-1-3-7-14/h1-11,15-16H,12-13H2/t15-,16+/m0/s1. The Morgan fingerprint density at radius 2 is 1.62 bits per heavy atom. The maximum atomic E-state index is 5.97. The van der Waals surface area contributed by atoms with Crippen molar-refractivity contribution in [2.45, 2.75) is 25.2 Å². The summed E-state index contributed by atoms with van der Waals surface area (Å²) < 4.78 is 12.9. The van der Waals surface area contributed by atoms with E-state index in [1.165, 1.54) is 5.56 Å². The quantitative estimate of drug-likeness (QED) is 0.729. The molecule has 2 atom stereocenters. The molecule has 0 unspecified atom stereocenters. The third-order valence-corrected chi connectivity index (χ3v) is 4.08. The highest BCUT2D eigenvalue weighted by Crippen LogP contribution is 2.28. The zero-order valence-electron chi connectivity index (χ0n) is 11.6. The number of rotatable bonds is 5. The van der Waals surface area contributed by atoms with Crippen molar-refractivity contribution in [2.75, 3.05) is 0 Å². The van der Waals surface area contributed by atoms with Gasteiger partial charge >= 0.3 is 0 Å². The summed E-state index contributed by atoms with van der Waals surface area (Å²) in [4.78, 5) is 0. The molecule has 0 aromatic heterocycles. The molecule has 2 nitrogen and oxygen atoms in total. The van der Waals surface area contributed by atoms with Crippen molar-refractivity contribution < 1.29 is 9.47 Å². The van der Waals surface area contributed by atoms with Gasteiger partial charge in [-0.05, 0) is 39.7 Å². The lowest BCUT2D eigenvalue weighted by Gasteiger charge is -2.16. The van der Waals surface area contributed by atoms with E-state index in [2.05, 4.69) is 40.2 Å². The highest BCUT2D eigenvalue weighted by molar-refractivity contribution is 9.10. The molecule has 0 saturated heterocycles. The van der Waals surface area contributed by atoms with Gasteiger partial charge < -0.3 is 9.47 Å². The van der Waals surface area contributed by atoms with Crippen LogP contribution in [0.25, 0.3) is 0 Å². The van der Waals surface area contributed by atoms with Gasteiger partial charge in [0, 0.05) is 6.42 Å². The van der Waals surface area contributed by atoms with Crippen LogP contribution in [0.2, 0.25) is 0 Å². The van der Waals surface area contributed by atoms with E-state index in [1.807, 2.05) is 42.5 Å². The average molecular weight is 345 g/mol. The Labute approximate surface area is 133 Å². The van der Waals surface area contributed by atoms with Crippen molar-refractivity contribution in [1.29, 1.82) is 0 Å². The van der Waals surface area contributed by atoms with Crippen LogP contribution in [0.1, 0.15) is 12.0 Å². The molecule has 0 saturated carbocycles. The van der Waals surface area contributed by atoms with Crippen LogP contribution in [0.15, 0.2) is 71.2 Å². The minimum atomic E-state index is 0.0736. The van der Waals surface area contributed by atoms with E-state index in [1.54, 1.807) is 0 Å². The summed E-state index contributed by atoms with van der Waals surface area (Å²) in [5, 5.41) is 0. The lowest BCUT2D eigenvalue weighted by molar-refractivity contribution is 0.0563. The van der Waals surface area contributed by atoms with Crippen LogP contribution in [-0.4, -0.2) is 12.2 Å². The van der Waals surface area contributed by atoms with E-state index in [0.29, 0.717) is 6.61 Å².